The predicted molar refractivity (Wildman–Crippen MR) is 83.0 cm³/mol. The fraction of sp³-hybridized carbons (Fsp3) is 0.533. The topological polar surface area (TPSA) is 64.0 Å². The molecule has 0 aliphatic carbocycles. The van der Waals surface area contributed by atoms with Gasteiger partial charge in [0.15, 0.2) is 9.84 Å². The van der Waals surface area contributed by atoms with Crippen molar-refractivity contribution in [1.29, 1.82) is 0 Å². The van der Waals surface area contributed by atoms with Gasteiger partial charge in [0.2, 0.25) is 0 Å². The van der Waals surface area contributed by atoms with Crippen LogP contribution in [-0.4, -0.2) is 30.8 Å². The maximum absolute atomic E-state index is 11.7. The molecule has 1 aliphatic heterocycles. The number of hydrogen-bond donors (Lipinski definition) is 1. The second kappa shape index (κ2) is 5.10. The molecule has 2 unspecified atom stereocenters. The maximum Gasteiger partial charge on any atom is 0.175 e. The molecule has 2 heterocycles. The molecule has 6 heteroatoms. The highest BCUT2D eigenvalue weighted by Crippen LogP contribution is 2.29. The van der Waals surface area contributed by atoms with Crippen LogP contribution in [-0.2, 0) is 16.9 Å². The van der Waals surface area contributed by atoms with Gasteiger partial charge in [0.05, 0.1) is 22.0 Å². The lowest BCUT2D eigenvalue weighted by Gasteiger charge is -2.27. The fourth-order valence-corrected chi connectivity index (χ4v) is 3.69. The van der Waals surface area contributed by atoms with Crippen molar-refractivity contribution in [3.63, 3.8) is 0 Å². The highest BCUT2D eigenvalue weighted by atomic mass is 32.2. The lowest BCUT2D eigenvalue weighted by molar-refractivity contribution is 0.312. The van der Waals surface area contributed by atoms with E-state index in [1.807, 2.05) is 13.1 Å². The summed E-state index contributed by atoms with van der Waals surface area (Å²) >= 11 is 0. The molecule has 1 aromatic heterocycles. The third-order valence-corrected chi connectivity index (χ3v) is 5.40. The van der Waals surface area contributed by atoms with Gasteiger partial charge in [-0.3, -0.25) is 0 Å². The average Bonchev–Trinajstić information content (AvgIpc) is 2.75. The van der Waals surface area contributed by atoms with Crippen molar-refractivity contribution >= 4 is 20.9 Å². The SMILES string of the molecule is CC1CCNC(c2nc3cc(S(C)(=O)=O)ccc3n2C)C1. The van der Waals surface area contributed by atoms with Crippen LogP contribution in [0.2, 0.25) is 0 Å². The Labute approximate surface area is 125 Å². The van der Waals surface area contributed by atoms with E-state index in [0.717, 1.165) is 29.8 Å². The molecule has 0 saturated carbocycles. The first-order chi connectivity index (χ1) is 9.86. The monoisotopic (exact) mass is 307 g/mol. The Morgan fingerprint density at radius 2 is 2.14 bits per heavy atom. The molecule has 0 spiro atoms. The van der Waals surface area contributed by atoms with Gasteiger partial charge >= 0.3 is 0 Å². The fourth-order valence-electron chi connectivity index (χ4n) is 3.04. The van der Waals surface area contributed by atoms with Crippen molar-refractivity contribution < 1.29 is 8.42 Å². The Balaban J connectivity index is 2.07. The molecule has 0 radical (unpaired) electrons. The number of sulfone groups is 1. The molecule has 1 saturated heterocycles. The third kappa shape index (κ3) is 2.70. The molecule has 0 bridgehead atoms. The summed E-state index contributed by atoms with van der Waals surface area (Å²) in [4.78, 5) is 5.00. The van der Waals surface area contributed by atoms with E-state index in [-0.39, 0.29) is 6.04 Å². The number of hydrogen-bond acceptors (Lipinski definition) is 4. The van der Waals surface area contributed by atoms with Gasteiger partial charge in [0.1, 0.15) is 5.82 Å². The van der Waals surface area contributed by atoms with Gasteiger partial charge < -0.3 is 9.88 Å². The van der Waals surface area contributed by atoms with Crippen molar-refractivity contribution in [2.75, 3.05) is 12.8 Å². The van der Waals surface area contributed by atoms with Crippen molar-refractivity contribution in [1.82, 2.24) is 14.9 Å². The molecule has 0 amide bonds. The number of aromatic nitrogens is 2. The van der Waals surface area contributed by atoms with E-state index in [4.69, 9.17) is 0 Å². The average molecular weight is 307 g/mol. The zero-order valence-corrected chi connectivity index (χ0v) is 13.4. The van der Waals surface area contributed by atoms with E-state index < -0.39 is 9.84 Å². The van der Waals surface area contributed by atoms with Gasteiger partial charge in [-0.15, -0.1) is 0 Å². The molecule has 3 rings (SSSR count). The van der Waals surface area contributed by atoms with Crippen LogP contribution < -0.4 is 5.32 Å². The zero-order chi connectivity index (χ0) is 15.2. The Hall–Kier alpha value is -1.40. The molecular weight excluding hydrogens is 286 g/mol. The summed E-state index contributed by atoms with van der Waals surface area (Å²) in [5.74, 6) is 1.67. The van der Waals surface area contributed by atoms with Gasteiger partial charge in [-0.25, -0.2) is 13.4 Å². The largest absolute Gasteiger partial charge is 0.330 e. The number of benzene rings is 1. The van der Waals surface area contributed by atoms with Crippen LogP contribution in [0.15, 0.2) is 23.1 Å². The second-order valence-electron chi connectivity index (χ2n) is 6.09. The number of nitrogens with one attached hydrogen (secondary N) is 1. The van der Waals surface area contributed by atoms with Crippen LogP contribution in [0.5, 0.6) is 0 Å². The Morgan fingerprint density at radius 1 is 1.38 bits per heavy atom. The second-order valence-corrected chi connectivity index (χ2v) is 8.10. The summed E-state index contributed by atoms with van der Waals surface area (Å²) in [5, 5.41) is 3.51. The van der Waals surface area contributed by atoms with Crippen LogP contribution in [0, 0.1) is 5.92 Å². The summed E-state index contributed by atoms with van der Waals surface area (Å²) in [7, 11) is -1.20. The lowest BCUT2D eigenvalue weighted by Crippen LogP contribution is -2.32. The molecule has 1 aromatic carbocycles. The van der Waals surface area contributed by atoms with Crippen LogP contribution >= 0.6 is 0 Å². The summed E-state index contributed by atoms with van der Waals surface area (Å²) in [5.41, 5.74) is 1.72. The highest BCUT2D eigenvalue weighted by Gasteiger charge is 2.24. The summed E-state index contributed by atoms with van der Waals surface area (Å²) < 4.78 is 25.4. The van der Waals surface area contributed by atoms with Crippen LogP contribution in [0.3, 0.4) is 0 Å². The van der Waals surface area contributed by atoms with E-state index >= 15 is 0 Å². The molecule has 21 heavy (non-hydrogen) atoms. The van der Waals surface area contributed by atoms with Gasteiger partial charge in [-0.1, -0.05) is 6.92 Å². The lowest BCUT2D eigenvalue weighted by atomic mass is 9.94. The van der Waals surface area contributed by atoms with E-state index in [1.54, 1.807) is 12.1 Å². The maximum atomic E-state index is 11.7. The van der Waals surface area contributed by atoms with Gasteiger partial charge in [-0.05, 0) is 43.5 Å². The van der Waals surface area contributed by atoms with Gasteiger partial charge in [0.25, 0.3) is 0 Å². The minimum absolute atomic E-state index is 0.243. The molecule has 5 nitrogen and oxygen atoms in total. The zero-order valence-electron chi connectivity index (χ0n) is 12.6. The number of imidazole rings is 1. The van der Waals surface area contributed by atoms with Crippen molar-refractivity contribution in [2.24, 2.45) is 13.0 Å². The van der Waals surface area contributed by atoms with E-state index in [2.05, 4.69) is 21.8 Å². The van der Waals surface area contributed by atoms with Gasteiger partial charge in [-0.2, -0.15) is 0 Å². The van der Waals surface area contributed by atoms with E-state index in [0.29, 0.717) is 10.8 Å². The Kier molecular flexibility index (Phi) is 3.53. The number of piperidine rings is 1. The molecule has 2 aromatic rings. The molecule has 1 aliphatic rings. The first-order valence-electron chi connectivity index (χ1n) is 7.26. The summed E-state index contributed by atoms with van der Waals surface area (Å²) in [6.07, 6.45) is 3.48. The normalized spacial score (nSPS) is 23.6. The highest BCUT2D eigenvalue weighted by molar-refractivity contribution is 7.90. The summed E-state index contributed by atoms with van der Waals surface area (Å²) in [6, 6.07) is 5.41. The smallest absolute Gasteiger partial charge is 0.175 e. The predicted octanol–water partition coefficient (Wildman–Crippen LogP) is 2.04. The number of nitrogens with zero attached hydrogens (tertiary/aromatic N) is 2. The number of fused-ring (bicyclic) bond motifs is 1. The number of rotatable bonds is 2. The van der Waals surface area contributed by atoms with Crippen molar-refractivity contribution in [3.05, 3.63) is 24.0 Å². The Bertz CT molecular complexity index is 780. The standard InChI is InChI=1S/C15H21N3O2S/c1-10-6-7-16-13(8-10)15-17-12-9-11(21(3,19)20)4-5-14(12)18(15)2/h4-5,9-10,13,16H,6-8H2,1-3H3. The van der Waals surface area contributed by atoms with Crippen molar-refractivity contribution in [3.8, 4) is 0 Å². The summed E-state index contributed by atoms with van der Waals surface area (Å²) in [6.45, 7) is 3.27. The molecule has 114 valence electrons. The van der Waals surface area contributed by atoms with E-state index in [1.165, 1.54) is 12.7 Å². The van der Waals surface area contributed by atoms with Crippen LogP contribution in [0.4, 0.5) is 0 Å². The number of aryl methyl sites for hydroxylation is 1. The van der Waals surface area contributed by atoms with Crippen molar-refractivity contribution in [2.45, 2.75) is 30.7 Å². The van der Waals surface area contributed by atoms with Crippen LogP contribution in [0.1, 0.15) is 31.6 Å². The Morgan fingerprint density at radius 3 is 2.81 bits per heavy atom. The quantitative estimate of drug-likeness (QED) is 0.922. The molecule has 1 fully saturated rings. The molecule has 1 N–H and O–H groups in total. The minimum atomic E-state index is -3.20. The first kappa shape index (κ1) is 14.5. The molecular formula is C15H21N3O2S. The third-order valence-electron chi connectivity index (χ3n) is 4.29. The molecule has 2 atom stereocenters. The van der Waals surface area contributed by atoms with E-state index in [9.17, 15) is 8.42 Å². The van der Waals surface area contributed by atoms with Crippen LogP contribution in [0.25, 0.3) is 11.0 Å². The first-order valence-corrected chi connectivity index (χ1v) is 9.15. The minimum Gasteiger partial charge on any atom is -0.330 e. The van der Waals surface area contributed by atoms with Gasteiger partial charge in [0, 0.05) is 13.3 Å².